The van der Waals surface area contributed by atoms with Crippen molar-refractivity contribution in [3.63, 3.8) is 0 Å². The molecule has 1 rings (SSSR count). The van der Waals surface area contributed by atoms with E-state index in [-0.39, 0.29) is 6.10 Å². The van der Waals surface area contributed by atoms with Gasteiger partial charge in [-0.05, 0) is 20.8 Å². The van der Waals surface area contributed by atoms with Gasteiger partial charge in [0.1, 0.15) is 6.04 Å². The molecule has 1 saturated heterocycles. The number of carbonyl (C=O) groups is 3. The molecule has 8 heteroatoms. The molecule has 0 bridgehead atoms. The molecule has 114 valence electrons. The highest BCUT2D eigenvalue weighted by Crippen LogP contribution is 2.20. The number of nitrogens with zero attached hydrogens (tertiary/aromatic N) is 1. The van der Waals surface area contributed by atoms with E-state index >= 15 is 0 Å². The van der Waals surface area contributed by atoms with E-state index in [2.05, 4.69) is 5.32 Å². The van der Waals surface area contributed by atoms with E-state index < -0.39 is 36.0 Å². The van der Waals surface area contributed by atoms with Gasteiger partial charge in [0, 0.05) is 6.54 Å². The van der Waals surface area contributed by atoms with Crippen molar-refractivity contribution in [3.8, 4) is 0 Å². The summed E-state index contributed by atoms with van der Waals surface area (Å²) in [5.41, 5.74) is -0.527. The van der Waals surface area contributed by atoms with E-state index in [9.17, 15) is 14.4 Å². The number of ether oxygens (including phenoxy) is 1. The Kier molecular flexibility index (Phi) is 4.93. The van der Waals surface area contributed by atoms with Crippen LogP contribution in [0.2, 0.25) is 0 Å². The van der Waals surface area contributed by atoms with Gasteiger partial charge in [0.15, 0.2) is 0 Å². The summed E-state index contributed by atoms with van der Waals surface area (Å²) >= 11 is 0. The van der Waals surface area contributed by atoms with Crippen LogP contribution in [0.25, 0.3) is 0 Å². The van der Waals surface area contributed by atoms with Crippen molar-refractivity contribution in [1.29, 1.82) is 0 Å². The predicted molar refractivity (Wildman–Crippen MR) is 68.4 cm³/mol. The molecule has 0 saturated carbocycles. The molecule has 20 heavy (non-hydrogen) atoms. The van der Waals surface area contributed by atoms with Crippen molar-refractivity contribution in [2.75, 3.05) is 13.1 Å². The van der Waals surface area contributed by atoms with Gasteiger partial charge in [-0.25, -0.2) is 9.59 Å². The monoisotopic (exact) mass is 288 g/mol. The van der Waals surface area contributed by atoms with Crippen LogP contribution in [0.3, 0.4) is 0 Å². The highest BCUT2D eigenvalue weighted by molar-refractivity contribution is 5.86. The highest BCUT2D eigenvalue weighted by atomic mass is 16.5. The second-order valence-electron chi connectivity index (χ2n) is 5.51. The van der Waals surface area contributed by atoms with Crippen LogP contribution in [0.5, 0.6) is 0 Å². The van der Waals surface area contributed by atoms with Gasteiger partial charge in [-0.15, -0.1) is 0 Å². The zero-order chi connectivity index (χ0) is 15.5. The Hall–Kier alpha value is -1.83. The number of rotatable bonds is 4. The minimum Gasteiger partial charge on any atom is -0.481 e. The van der Waals surface area contributed by atoms with E-state index in [1.54, 1.807) is 0 Å². The van der Waals surface area contributed by atoms with E-state index in [0.29, 0.717) is 13.1 Å². The van der Waals surface area contributed by atoms with Crippen molar-refractivity contribution in [2.24, 2.45) is 0 Å². The standard InChI is InChI=1S/C12H20N2O6/c1-7-5-14(6-12(2,3)20-7)11(19)13-8(10(17)18)4-9(15)16/h7-8H,4-6H2,1-3H3,(H,13,19)(H,15,16)(H,17,18)/t7?,8-/m0/s1. The van der Waals surface area contributed by atoms with Crippen molar-refractivity contribution >= 4 is 18.0 Å². The van der Waals surface area contributed by atoms with E-state index in [4.69, 9.17) is 14.9 Å². The largest absolute Gasteiger partial charge is 0.481 e. The summed E-state index contributed by atoms with van der Waals surface area (Å²) < 4.78 is 5.64. The first-order valence-electron chi connectivity index (χ1n) is 6.28. The number of carboxylic acids is 2. The maximum absolute atomic E-state index is 12.0. The molecule has 1 aliphatic heterocycles. The third-order valence-electron chi connectivity index (χ3n) is 2.83. The number of nitrogens with one attached hydrogen (secondary N) is 1. The van der Waals surface area contributed by atoms with Gasteiger partial charge in [0.2, 0.25) is 0 Å². The number of carbonyl (C=O) groups excluding carboxylic acids is 1. The van der Waals surface area contributed by atoms with Gasteiger partial charge >= 0.3 is 18.0 Å². The molecule has 8 nitrogen and oxygen atoms in total. The van der Waals surface area contributed by atoms with Crippen LogP contribution in [-0.4, -0.2) is 63.9 Å². The molecule has 0 aromatic carbocycles. The van der Waals surface area contributed by atoms with Crippen LogP contribution >= 0.6 is 0 Å². The van der Waals surface area contributed by atoms with Gasteiger partial charge in [-0.2, -0.15) is 0 Å². The summed E-state index contributed by atoms with van der Waals surface area (Å²) in [5.74, 6) is -2.66. The molecule has 0 aromatic heterocycles. The number of carboxylic acid groups (broad SMARTS) is 2. The fourth-order valence-electron chi connectivity index (χ4n) is 2.22. The molecule has 0 aliphatic carbocycles. The van der Waals surface area contributed by atoms with Gasteiger partial charge in [-0.3, -0.25) is 4.79 Å². The lowest BCUT2D eigenvalue weighted by Gasteiger charge is -2.41. The fourth-order valence-corrected chi connectivity index (χ4v) is 2.22. The van der Waals surface area contributed by atoms with E-state index in [1.165, 1.54) is 4.90 Å². The van der Waals surface area contributed by atoms with Crippen LogP contribution in [-0.2, 0) is 14.3 Å². The van der Waals surface area contributed by atoms with E-state index in [1.807, 2.05) is 20.8 Å². The van der Waals surface area contributed by atoms with E-state index in [0.717, 1.165) is 0 Å². The number of aliphatic carboxylic acids is 2. The highest BCUT2D eigenvalue weighted by Gasteiger charge is 2.35. The first-order chi connectivity index (χ1) is 9.10. The molecule has 0 radical (unpaired) electrons. The van der Waals surface area contributed by atoms with Crippen LogP contribution in [0, 0.1) is 0 Å². The molecule has 2 atom stereocenters. The quantitative estimate of drug-likeness (QED) is 0.676. The summed E-state index contributed by atoms with van der Waals surface area (Å²) in [7, 11) is 0. The number of morpholine rings is 1. The maximum Gasteiger partial charge on any atom is 0.326 e. The molecule has 0 aromatic rings. The van der Waals surface area contributed by atoms with Crippen LogP contribution in [0.4, 0.5) is 4.79 Å². The molecule has 2 amide bonds. The summed E-state index contributed by atoms with van der Waals surface area (Å²) in [5, 5.41) is 19.8. The zero-order valence-corrected chi connectivity index (χ0v) is 11.8. The van der Waals surface area contributed by atoms with Gasteiger partial charge < -0.3 is 25.2 Å². The lowest BCUT2D eigenvalue weighted by Crippen LogP contribution is -2.58. The Morgan fingerprint density at radius 2 is 2.00 bits per heavy atom. The van der Waals surface area contributed by atoms with Gasteiger partial charge in [0.05, 0.1) is 24.7 Å². The summed E-state index contributed by atoms with van der Waals surface area (Å²) in [6, 6.07) is -2.04. The summed E-state index contributed by atoms with van der Waals surface area (Å²) in [4.78, 5) is 35.0. The normalized spacial score (nSPS) is 22.9. The minimum atomic E-state index is -1.44. The molecule has 1 heterocycles. The molecule has 0 spiro atoms. The zero-order valence-electron chi connectivity index (χ0n) is 11.8. The summed E-state index contributed by atoms with van der Waals surface area (Å²) in [6.45, 7) is 6.11. The first-order valence-corrected chi connectivity index (χ1v) is 6.28. The molecule has 3 N–H and O–H groups in total. The van der Waals surface area contributed by atoms with Gasteiger partial charge in [-0.1, -0.05) is 0 Å². The van der Waals surface area contributed by atoms with Crippen LogP contribution < -0.4 is 5.32 Å². The van der Waals surface area contributed by atoms with Crippen LogP contribution in [0.1, 0.15) is 27.2 Å². The van der Waals surface area contributed by atoms with Crippen molar-refractivity contribution < 1.29 is 29.3 Å². The SMILES string of the molecule is CC1CN(C(=O)N[C@@H](CC(=O)O)C(=O)O)CC(C)(C)O1. The lowest BCUT2D eigenvalue weighted by atomic mass is 10.1. The van der Waals surface area contributed by atoms with Gasteiger partial charge in [0.25, 0.3) is 0 Å². The first kappa shape index (κ1) is 16.2. The summed E-state index contributed by atoms with van der Waals surface area (Å²) in [6.07, 6.45) is -0.836. The Morgan fingerprint density at radius 3 is 2.45 bits per heavy atom. The molecular formula is C12H20N2O6. The number of urea groups is 1. The Morgan fingerprint density at radius 1 is 1.40 bits per heavy atom. The lowest BCUT2D eigenvalue weighted by molar-refractivity contribution is -0.145. The fraction of sp³-hybridized carbons (Fsp3) is 0.750. The average molecular weight is 288 g/mol. The molecule has 1 aliphatic rings. The van der Waals surface area contributed by atoms with Crippen LogP contribution in [0.15, 0.2) is 0 Å². The predicted octanol–water partition coefficient (Wildman–Crippen LogP) is 0.123. The minimum absolute atomic E-state index is 0.174. The van der Waals surface area contributed by atoms with Crippen molar-refractivity contribution in [3.05, 3.63) is 0 Å². The third kappa shape index (κ3) is 4.69. The number of hydrogen-bond acceptors (Lipinski definition) is 4. The molecule has 1 fully saturated rings. The average Bonchev–Trinajstić information content (AvgIpc) is 2.24. The Bertz CT molecular complexity index is 409. The molecular weight excluding hydrogens is 268 g/mol. The third-order valence-corrected chi connectivity index (χ3v) is 2.83. The number of hydrogen-bond donors (Lipinski definition) is 3. The number of amides is 2. The topological polar surface area (TPSA) is 116 Å². The second-order valence-corrected chi connectivity index (χ2v) is 5.51. The maximum atomic E-state index is 12.0. The van der Waals surface area contributed by atoms with Crippen molar-refractivity contribution in [2.45, 2.75) is 44.9 Å². The second kappa shape index (κ2) is 6.08. The van der Waals surface area contributed by atoms with Crippen molar-refractivity contribution in [1.82, 2.24) is 10.2 Å². The smallest absolute Gasteiger partial charge is 0.326 e. The Labute approximate surface area is 116 Å². The Balaban J connectivity index is 2.68. The molecule has 1 unspecified atom stereocenters.